The fourth-order valence-corrected chi connectivity index (χ4v) is 2.51. The third-order valence-corrected chi connectivity index (χ3v) is 3.00. The van der Waals surface area contributed by atoms with Crippen LogP contribution in [0.25, 0.3) is 0 Å². The highest BCUT2D eigenvalue weighted by molar-refractivity contribution is 5.01. The molecular weight excluding hydrogens is 124 g/mol. The van der Waals surface area contributed by atoms with Gasteiger partial charge in [-0.1, -0.05) is 0 Å². The molecule has 2 aliphatic carbocycles. The van der Waals surface area contributed by atoms with Crippen molar-refractivity contribution in [1.82, 2.24) is 0 Å². The van der Waals surface area contributed by atoms with Gasteiger partial charge in [-0.15, -0.1) is 0 Å². The number of fused-ring (bicyclic) bond motifs is 2. The predicted octanol–water partition coefficient (Wildman–Crippen LogP) is 1.88. The van der Waals surface area contributed by atoms with E-state index in [0.717, 1.165) is 24.4 Å². The number of methoxy groups -OCH3 is 1. The molecule has 0 spiro atoms. The van der Waals surface area contributed by atoms with Gasteiger partial charge in [0.1, 0.15) is 0 Å². The van der Waals surface area contributed by atoms with Crippen molar-refractivity contribution in [2.24, 2.45) is 17.8 Å². The second-order valence-electron chi connectivity index (χ2n) is 3.64. The molecule has 0 unspecified atom stereocenters. The Balaban J connectivity index is 1.90. The lowest BCUT2D eigenvalue weighted by Crippen LogP contribution is -2.16. The summed E-state index contributed by atoms with van der Waals surface area (Å²) < 4.78 is 5.15. The zero-order valence-corrected chi connectivity index (χ0v) is 6.55. The number of hydrogen-bond acceptors (Lipinski definition) is 1. The Morgan fingerprint density at radius 2 is 2.40 bits per heavy atom. The maximum Gasteiger partial charge on any atom is 0.0496 e. The molecule has 57 valence electrons. The maximum atomic E-state index is 5.15. The Bertz CT molecular complexity index is 122. The summed E-state index contributed by atoms with van der Waals surface area (Å²) in [6.45, 7) is 0.959. The lowest BCUT2D eigenvalue weighted by molar-refractivity contribution is 0.141. The highest BCUT2D eigenvalue weighted by atomic mass is 16.5. The molecule has 2 rings (SSSR count). The van der Waals surface area contributed by atoms with Gasteiger partial charge in [-0.25, -0.2) is 0 Å². The molecule has 0 N–H and O–H groups in total. The topological polar surface area (TPSA) is 9.23 Å². The summed E-state index contributed by atoms with van der Waals surface area (Å²) in [5.74, 6) is 2.72. The van der Waals surface area contributed by atoms with E-state index in [4.69, 9.17) is 4.74 Å². The Kier molecular flexibility index (Phi) is 1.69. The first-order valence-corrected chi connectivity index (χ1v) is 4.24. The predicted molar refractivity (Wildman–Crippen MR) is 40.5 cm³/mol. The highest BCUT2D eigenvalue weighted by Crippen LogP contribution is 2.47. The smallest absolute Gasteiger partial charge is 0.0496 e. The van der Waals surface area contributed by atoms with Gasteiger partial charge in [-0.05, 0) is 43.4 Å². The molecule has 0 aromatic carbocycles. The molecule has 0 amide bonds. The molecule has 1 nitrogen and oxygen atoms in total. The average molecular weight is 139 g/mol. The third-order valence-electron chi connectivity index (χ3n) is 3.00. The van der Waals surface area contributed by atoms with E-state index in [1.807, 2.05) is 0 Å². The molecule has 1 heteroatoms. The molecule has 0 aromatic rings. The van der Waals surface area contributed by atoms with Gasteiger partial charge in [0.25, 0.3) is 0 Å². The van der Waals surface area contributed by atoms with Crippen LogP contribution in [0.2, 0.25) is 0 Å². The van der Waals surface area contributed by atoms with Crippen LogP contribution in [0.1, 0.15) is 19.3 Å². The summed E-state index contributed by atoms with van der Waals surface area (Å²) >= 11 is 0. The van der Waals surface area contributed by atoms with Crippen LogP contribution in [-0.2, 0) is 4.74 Å². The van der Waals surface area contributed by atoms with Crippen LogP contribution in [0.3, 0.4) is 0 Å². The van der Waals surface area contributed by atoms with Crippen LogP contribution < -0.4 is 0 Å². The van der Waals surface area contributed by atoms with Crippen molar-refractivity contribution < 1.29 is 4.74 Å². The summed E-state index contributed by atoms with van der Waals surface area (Å²) in [6.07, 6.45) is 6.87. The molecule has 2 aliphatic rings. The van der Waals surface area contributed by atoms with Crippen LogP contribution in [0.4, 0.5) is 0 Å². The molecule has 0 heterocycles. The monoisotopic (exact) mass is 139 g/mol. The molecular formula is C9H15O. The van der Waals surface area contributed by atoms with E-state index in [-0.39, 0.29) is 0 Å². The molecule has 0 saturated heterocycles. The van der Waals surface area contributed by atoms with Gasteiger partial charge in [0.2, 0.25) is 0 Å². The quantitative estimate of drug-likeness (QED) is 0.567. The molecule has 0 aliphatic heterocycles. The van der Waals surface area contributed by atoms with Crippen LogP contribution in [0.5, 0.6) is 0 Å². The highest BCUT2D eigenvalue weighted by Gasteiger charge is 2.39. The van der Waals surface area contributed by atoms with Gasteiger partial charge in [-0.3, -0.25) is 0 Å². The third kappa shape index (κ3) is 0.968. The lowest BCUT2D eigenvalue weighted by Gasteiger charge is -2.19. The van der Waals surface area contributed by atoms with Gasteiger partial charge >= 0.3 is 0 Å². The van der Waals surface area contributed by atoms with Gasteiger partial charge < -0.3 is 4.74 Å². The summed E-state index contributed by atoms with van der Waals surface area (Å²) in [4.78, 5) is 0. The minimum Gasteiger partial charge on any atom is -0.384 e. The van der Waals surface area contributed by atoms with Crippen molar-refractivity contribution in [3.8, 4) is 0 Å². The van der Waals surface area contributed by atoms with Crippen LogP contribution in [0.15, 0.2) is 0 Å². The Hall–Kier alpha value is -0.0400. The largest absolute Gasteiger partial charge is 0.384 e. The first-order valence-electron chi connectivity index (χ1n) is 4.24. The fraction of sp³-hybridized carbons (Fsp3) is 0.889. The lowest BCUT2D eigenvalue weighted by atomic mass is 9.90. The summed E-state index contributed by atoms with van der Waals surface area (Å²) in [6, 6.07) is 0. The van der Waals surface area contributed by atoms with Crippen LogP contribution >= 0.6 is 0 Å². The molecule has 2 fully saturated rings. The van der Waals surface area contributed by atoms with E-state index < -0.39 is 0 Å². The van der Waals surface area contributed by atoms with Crippen molar-refractivity contribution in [1.29, 1.82) is 0 Å². The van der Waals surface area contributed by atoms with E-state index in [2.05, 4.69) is 6.42 Å². The van der Waals surface area contributed by atoms with Crippen molar-refractivity contribution in [3.63, 3.8) is 0 Å². The molecule has 10 heavy (non-hydrogen) atoms. The molecule has 2 bridgehead atoms. The standard InChI is InChI=1S/C9H15O/c1-10-6-9-5-7-2-3-8(9)4-7/h5,7-9H,2-4,6H2,1H3/t7-,8+,9+/m0/s1. The Morgan fingerprint density at radius 1 is 1.50 bits per heavy atom. The Labute approximate surface area is 62.8 Å². The fourth-order valence-electron chi connectivity index (χ4n) is 2.51. The number of rotatable bonds is 2. The van der Waals surface area contributed by atoms with Crippen molar-refractivity contribution in [2.45, 2.75) is 19.3 Å². The molecule has 2 saturated carbocycles. The van der Waals surface area contributed by atoms with Crippen LogP contribution in [0, 0.1) is 24.2 Å². The van der Waals surface area contributed by atoms with E-state index in [1.54, 1.807) is 7.11 Å². The Morgan fingerprint density at radius 3 is 2.90 bits per heavy atom. The van der Waals surface area contributed by atoms with E-state index >= 15 is 0 Å². The SMILES string of the molecule is COC[C@H]1[CH][C@H]2CC[C@@H]1C2. The summed E-state index contributed by atoms with van der Waals surface area (Å²) in [5, 5.41) is 0. The molecule has 1 radical (unpaired) electrons. The van der Waals surface area contributed by atoms with Gasteiger partial charge in [0.05, 0.1) is 0 Å². The second-order valence-corrected chi connectivity index (χ2v) is 3.64. The van der Waals surface area contributed by atoms with Gasteiger partial charge in [0, 0.05) is 13.7 Å². The number of hydrogen-bond donors (Lipinski definition) is 0. The minimum atomic E-state index is 0.795. The van der Waals surface area contributed by atoms with Crippen molar-refractivity contribution in [3.05, 3.63) is 6.42 Å². The molecule has 3 atom stereocenters. The minimum absolute atomic E-state index is 0.795. The average Bonchev–Trinajstić information content (AvgIpc) is 2.48. The van der Waals surface area contributed by atoms with Gasteiger partial charge in [-0.2, -0.15) is 0 Å². The normalized spacial score (nSPS) is 44.7. The zero-order chi connectivity index (χ0) is 6.97. The first-order chi connectivity index (χ1) is 4.90. The van der Waals surface area contributed by atoms with Gasteiger partial charge in [0.15, 0.2) is 0 Å². The van der Waals surface area contributed by atoms with E-state index in [1.165, 1.54) is 19.3 Å². The van der Waals surface area contributed by atoms with Crippen molar-refractivity contribution >= 4 is 0 Å². The zero-order valence-electron chi connectivity index (χ0n) is 6.55. The van der Waals surface area contributed by atoms with E-state index in [9.17, 15) is 0 Å². The number of ether oxygens (including phenoxy) is 1. The molecule has 0 aromatic heterocycles. The van der Waals surface area contributed by atoms with Crippen LogP contribution in [-0.4, -0.2) is 13.7 Å². The summed E-state index contributed by atoms with van der Waals surface area (Å²) in [5.41, 5.74) is 0. The van der Waals surface area contributed by atoms with Crippen molar-refractivity contribution in [2.75, 3.05) is 13.7 Å². The van der Waals surface area contributed by atoms with E-state index in [0.29, 0.717) is 0 Å². The second kappa shape index (κ2) is 2.54. The first kappa shape index (κ1) is 6.66. The maximum absolute atomic E-state index is 5.15. The summed E-state index contributed by atoms with van der Waals surface area (Å²) in [7, 11) is 1.81.